The van der Waals surface area contributed by atoms with E-state index in [0.717, 1.165) is 0 Å². The van der Waals surface area contributed by atoms with Crippen molar-refractivity contribution >= 4 is 23.5 Å². The molecule has 0 aromatic carbocycles. The molecule has 1 rings (SSSR count). The van der Waals surface area contributed by atoms with Crippen LogP contribution >= 0.6 is 11.6 Å². The minimum atomic E-state index is -4.17. The van der Waals surface area contributed by atoms with E-state index in [-0.39, 0.29) is 17.2 Å². The van der Waals surface area contributed by atoms with Crippen LogP contribution in [0.25, 0.3) is 0 Å². The molecule has 17 heavy (non-hydrogen) atoms. The zero-order chi connectivity index (χ0) is 13.1. The Balaban J connectivity index is 2.72. The Bertz CT molecular complexity index is 389. The molecule has 0 saturated heterocycles. The summed E-state index contributed by atoms with van der Waals surface area (Å²) in [5, 5.41) is 4.23. The molecule has 0 aliphatic carbocycles. The molecule has 0 saturated carbocycles. The second-order valence-electron chi connectivity index (χ2n) is 2.92. The highest BCUT2D eigenvalue weighted by molar-refractivity contribution is 6.28. The molecule has 0 atom stereocenters. The molecule has 1 aromatic heterocycles. The van der Waals surface area contributed by atoms with Crippen LogP contribution in [0, 0.1) is 0 Å². The van der Waals surface area contributed by atoms with Crippen molar-refractivity contribution < 1.29 is 17.6 Å². The summed E-state index contributed by atoms with van der Waals surface area (Å²) in [4.78, 5) is 10.7. The topological polar surface area (TPSA) is 62.7 Å². The van der Waals surface area contributed by atoms with Crippen molar-refractivity contribution in [3.63, 3.8) is 0 Å². The largest absolute Gasteiger partial charge is 0.357 e. The predicted octanol–water partition coefficient (Wildman–Crippen LogP) is 1.88. The number of rotatable bonds is 5. The number of anilines is 2. The van der Waals surface area contributed by atoms with Gasteiger partial charge in [-0.3, -0.25) is 0 Å². The van der Waals surface area contributed by atoms with Crippen molar-refractivity contribution in [3.05, 3.63) is 5.28 Å². The van der Waals surface area contributed by atoms with Crippen LogP contribution in [-0.2, 0) is 0 Å². The molecular weight excluding hydrogens is 266 g/mol. The molecule has 0 unspecified atom stereocenters. The molecule has 1 aromatic rings. The maximum absolute atomic E-state index is 12.6. The van der Waals surface area contributed by atoms with E-state index in [1.165, 1.54) is 7.05 Å². The minimum absolute atomic E-state index is 0.0351. The maximum atomic E-state index is 12.6. The Morgan fingerprint density at radius 3 is 2.35 bits per heavy atom. The van der Waals surface area contributed by atoms with Crippen LogP contribution in [0.5, 0.6) is 0 Å². The van der Waals surface area contributed by atoms with E-state index in [1.54, 1.807) is 0 Å². The molecule has 10 heteroatoms. The fourth-order valence-corrected chi connectivity index (χ4v) is 0.975. The molecule has 0 aliphatic rings. The summed E-state index contributed by atoms with van der Waals surface area (Å²) in [6, 6.07) is 0. The third-order valence-corrected chi connectivity index (χ3v) is 1.80. The lowest BCUT2D eigenvalue weighted by Gasteiger charge is -2.15. The van der Waals surface area contributed by atoms with Crippen molar-refractivity contribution in [2.45, 2.75) is 12.3 Å². The third-order valence-electron chi connectivity index (χ3n) is 1.63. The summed E-state index contributed by atoms with van der Waals surface area (Å²) < 4.78 is 48.9. The Morgan fingerprint density at radius 2 is 1.82 bits per heavy atom. The number of halogens is 5. The van der Waals surface area contributed by atoms with Crippen molar-refractivity contribution in [3.8, 4) is 0 Å². The van der Waals surface area contributed by atoms with Gasteiger partial charge in [0, 0.05) is 7.05 Å². The monoisotopic (exact) mass is 273 g/mol. The van der Waals surface area contributed by atoms with Gasteiger partial charge in [-0.15, -0.1) is 0 Å². The van der Waals surface area contributed by atoms with Gasteiger partial charge in [0.15, 0.2) is 0 Å². The van der Waals surface area contributed by atoms with E-state index < -0.39 is 18.9 Å². The first-order valence-electron chi connectivity index (χ1n) is 4.34. The number of aromatic nitrogens is 3. The van der Waals surface area contributed by atoms with Gasteiger partial charge in [-0.1, -0.05) is 0 Å². The van der Waals surface area contributed by atoms with Gasteiger partial charge < -0.3 is 10.6 Å². The first-order valence-corrected chi connectivity index (χ1v) is 4.72. The van der Waals surface area contributed by atoms with Crippen LogP contribution in [0.3, 0.4) is 0 Å². The van der Waals surface area contributed by atoms with Gasteiger partial charge in [-0.25, -0.2) is 8.78 Å². The zero-order valence-electron chi connectivity index (χ0n) is 8.52. The smallest absolute Gasteiger partial charge is 0.324 e. The number of nitrogens with one attached hydrogen (secondary N) is 2. The number of nitrogens with zero attached hydrogens (tertiary/aromatic N) is 3. The van der Waals surface area contributed by atoms with Gasteiger partial charge in [-0.2, -0.15) is 23.7 Å². The van der Waals surface area contributed by atoms with Crippen molar-refractivity contribution in [1.82, 2.24) is 15.0 Å². The number of alkyl halides is 4. The van der Waals surface area contributed by atoms with Gasteiger partial charge in [0.1, 0.15) is 0 Å². The van der Waals surface area contributed by atoms with Crippen molar-refractivity contribution in [2.24, 2.45) is 0 Å². The molecule has 0 spiro atoms. The Morgan fingerprint density at radius 1 is 1.24 bits per heavy atom. The highest BCUT2D eigenvalue weighted by Crippen LogP contribution is 2.22. The number of hydrogen-bond donors (Lipinski definition) is 2. The van der Waals surface area contributed by atoms with Crippen LogP contribution in [0.1, 0.15) is 0 Å². The van der Waals surface area contributed by atoms with Crippen LogP contribution in [0.2, 0.25) is 5.28 Å². The second kappa shape index (κ2) is 5.30. The minimum Gasteiger partial charge on any atom is -0.357 e. The van der Waals surface area contributed by atoms with E-state index in [2.05, 4.69) is 20.3 Å². The van der Waals surface area contributed by atoms with E-state index in [1.807, 2.05) is 5.32 Å². The van der Waals surface area contributed by atoms with Gasteiger partial charge in [-0.05, 0) is 11.6 Å². The van der Waals surface area contributed by atoms with E-state index >= 15 is 0 Å². The molecule has 0 amide bonds. The average Bonchev–Trinajstić information content (AvgIpc) is 2.25. The molecule has 0 aliphatic heterocycles. The first-order chi connectivity index (χ1) is 7.85. The summed E-state index contributed by atoms with van der Waals surface area (Å²) >= 11 is 5.46. The molecule has 1 heterocycles. The quantitative estimate of drug-likeness (QED) is 0.802. The fourth-order valence-electron chi connectivity index (χ4n) is 0.815. The standard InChI is InChI=1S/C7H8ClF4N5/c1-13-5-15-4(8)16-6(17-5)14-2-7(11,12)3(9)10/h3H,2H2,1H3,(H2,13,14,15,16,17). The van der Waals surface area contributed by atoms with Gasteiger partial charge in [0.2, 0.25) is 17.2 Å². The third kappa shape index (κ3) is 3.84. The second-order valence-corrected chi connectivity index (χ2v) is 3.25. The molecule has 5 nitrogen and oxygen atoms in total. The van der Waals surface area contributed by atoms with Crippen molar-refractivity contribution in [2.75, 3.05) is 24.2 Å². The summed E-state index contributed by atoms with van der Waals surface area (Å²) in [6.07, 6.45) is -3.77. The van der Waals surface area contributed by atoms with Crippen LogP contribution in [0.15, 0.2) is 0 Å². The molecule has 2 N–H and O–H groups in total. The number of hydrogen-bond acceptors (Lipinski definition) is 5. The Hall–Kier alpha value is -1.38. The summed E-state index contributed by atoms with van der Waals surface area (Å²) in [5.41, 5.74) is 0. The normalized spacial score (nSPS) is 11.7. The van der Waals surface area contributed by atoms with Crippen LogP contribution < -0.4 is 10.6 Å². The average molecular weight is 274 g/mol. The molecule has 0 fully saturated rings. The van der Waals surface area contributed by atoms with Gasteiger partial charge in [0.25, 0.3) is 0 Å². The Labute approximate surface area is 98.6 Å². The van der Waals surface area contributed by atoms with Crippen LogP contribution in [0.4, 0.5) is 29.5 Å². The van der Waals surface area contributed by atoms with Crippen LogP contribution in [-0.4, -0.2) is 40.9 Å². The first kappa shape index (κ1) is 13.7. The lowest BCUT2D eigenvalue weighted by atomic mass is 10.3. The highest BCUT2D eigenvalue weighted by atomic mass is 35.5. The van der Waals surface area contributed by atoms with E-state index in [0.29, 0.717) is 0 Å². The summed E-state index contributed by atoms with van der Waals surface area (Å²) in [7, 11) is 1.48. The SMILES string of the molecule is CNc1nc(Cl)nc(NCC(F)(F)C(F)F)n1. The molecule has 0 radical (unpaired) electrons. The summed E-state index contributed by atoms with van der Waals surface area (Å²) in [5.74, 6) is -4.44. The molecule has 0 bridgehead atoms. The molecular formula is C7H8ClF4N5. The lowest BCUT2D eigenvalue weighted by molar-refractivity contribution is -0.117. The lowest BCUT2D eigenvalue weighted by Crippen LogP contribution is -2.35. The Kier molecular flexibility index (Phi) is 4.27. The molecule has 96 valence electrons. The summed E-state index contributed by atoms with van der Waals surface area (Å²) in [6.45, 7) is -1.30. The highest BCUT2D eigenvalue weighted by Gasteiger charge is 2.40. The van der Waals surface area contributed by atoms with E-state index in [9.17, 15) is 17.6 Å². The van der Waals surface area contributed by atoms with Gasteiger partial charge in [0.05, 0.1) is 6.54 Å². The van der Waals surface area contributed by atoms with E-state index in [4.69, 9.17) is 11.6 Å². The fraction of sp³-hybridized carbons (Fsp3) is 0.571. The zero-order valence-corrected chi connectivity index (χ0v) is 9.27. The maximum Gasteiger partial charge on any atom is 0.324 e. The van der Waals surface area contributed by atoms with Crippen molar-refractivity contribution in [1.29, 1.82) is 0 Å². The predicted molar refractivity (Wildman–Crippen MR) is 53.8 cm³/mol. The van der Waals surface area contributed by atoms with Gasteiger partial charge >= 0.3 is 12.3 Å².